The second kappa shape index (κ2) is 6.83. The first-order valence-corrected chi connectivity index (χ1v) is 7.17. The van der Waals surface area contributed by atoms with E-state index in [-0.39, 0.29) is 35.9 Å². The maximum absolute atomic E-state index is 11.9. The number of hydrogen-bond donors (Lipinski definition) is 0. The number of hydrogen-bond acceptors (Lipinski definition) is 3. The maximum Gasteiger partial charge on any atom is 0.230 e. The molecule has 0 atom stereocenters. The summed E-state index contributed by atoms with van der Waals surface area (Å²) in [6, 6.07) is 0. The number of likely N-dealkylation sites (tertiary alicyclic amines) is 1. The third-order valence-corrected chi connectivity index (χ3v) is 3.79. The van der Waals surface area contributed by atoms with Crippen molar-refractivity contribution in [1.82, 2.24) is 4.90 Å². The Labute approximate surface area is 115 Å². The van der Waals surface area contributed by atoms with Crippen molar-refractivity contribution in [3.05, 3.63) is 0 Å². The van der Waals surface area contributed by atoms with Crippen LogP contribution in [-0.4, -0.2) is 35.5 Å². The van der Waals surface area contributed by atoms with Crippen molar-refractivity contribution in [2.75, 3.05) is 13.1 Å². The third kappa shape index (κ3) is 4.44. The molecular weight excluding hydrogens is 242 g/mol. The fourth-order valence-electron chi connectivity index (χ4n) is 2.35. The van der Waals surface area contributed by atoms with E-state index >= 15 is 0 Å². The summed E-state index contributed by atoms with van der Waals surface area (Å²) in [5, 5.41) is 0. The van der Waals surface area contributed by atoms with Crippen LogP contribution in [0.2, 0.25) is 0 Å². The second-order valence-corrected chi connectivity index (χ2v) is 6.01. The lowest BCUT2D eigenvalue weighted by Gasteiger charge is -2.32. The van der Waals surface area contributed by atoms with Gasteiger partial charge in [0.15, 0.2) is 0 Å². The summed E-state index contributed by atoms with van der Waals surface area (Å²) in [6.45, 7) is 8.66. The first-order chi connectivity index (χ1) is 8.82. The Morgan fingerprint density at radius 1 is 1.00 bits per heavy atom. The minimum absolute atomic E-state index is 0.000457. The predicted molar refractivity (Wildman–Crippen MR) is 73.6 cm³/mol. The Balaban J connectivity index is 2.43. The van der Waals surface area contributed by atoms with Crippen molar-refractivity contribution in [3.8, 4) is 0 Å². The largest absolute Gasteiger partial charge is 0.342 e. The van der Waals surface area contributed by atoms with Gasteiger partial charge in [0.05, 0.1) is 6.42 Å². The second-order valence-electron chi connectivity index (χ2n) is 6.01. The zero-order valence-electron chi connectivity index (χ0n) is 12.4. The highest BCUT2D eigenvalue weighted by molar-refractivity contribution is 5.98. The fourth-order valence-corrected chi connectivity index (χ4v) is 2.35. The van der Waals surface area contributed by atoms with Crippen LogP contribution in [0.25, 0.3) is 0 Å². The molecule has 0 aromatic carbocycles. The molecule has 1 rings (SSSR count). The fraction of sp³-hybridized carbons (Fsp3) is 0.800. The van der Waals surface area contributed by atoms with Gasteiger partial charge >= 0.3 is 0 Å². The van der Waals surface area contributed by atoms with E-state index in [0.29, 0.717) is 18.9 Å². The monoisotopic (exact) mass is 267 g/mol. The topological polar surface area (TPSA) is 54.5 Å². The molecule has 4 nitrogen and oxygen atoms in total. The van der Waals surface area contributed by atoms with Gasteiger partial charge in [-0.2, -0.15) is 0 Å². The molecule has 0 aromatic heterocycles. The quantitative estimate of drug-likeness (QED) is 0.716. The van der Waals surface area contributed by atoms with Gasteiger partial charge in [-0.15, -0.1) is 0 Å². The van der Waals surface area contributed by atoms with Crippen molar-refractivity contribution in [1.29, 1.82) is 0 Å². The minimum atomic E-state index is -0.0935. The van der Waals surface area contributed by atoms with Gasteiger partial charge in [0.2, 0.25) is 5.91 Å². The lowest BCUT2D eigenvalue weighted by molar-refractivity contribution is -0.139. The first kappa shape index (κ1) is 15.9. The summed E-state index contributed by atoms with van der Waals surface area (Å²) in [6.07, 6.45) is 1.47. The maximum atomic E-state index is 11.9. The van der Waals surface area contributed by atoms with Crippen LogP contribution in [0.15, 0.2) is 0 Å². The van der Waals surface area contributed by atoms with Crippen LogP contribution in [0.5, 0.6) is 0 Å². The van der Waals surface area contributed by atoms with E-state index in [1.165, 1.54) is 0 Å². The molecule has 0 aromatic rings. The van der Waals surface area contributed by atoms with Crippen molar-refractivity contribution in [2.45, 2.75) is 47.0 Å². The van der Waals surface area contributed by atoms with Gasteiger partial charge in [-0.3, -0.25) is 14.4 Å². The highest BCUT2D eigenvalue weighted by Crippen LogP contribution is 2.21. The minimum Gasteiger partial charge on any atom is -0.342 e. The molecule has 4 heteroatoms. The standard InChI is InChI=1S/C15H25NO3/c1-10(2)13(17)9-14(18)16-7-5-12(6-8-16)15(19)11(3)4/h10-12H,5-9H2,1-4H3. The number of amides is 1. The van der Waals surface area contributed by atoms with Crippen LogP contribution in [0.1, 0.15) is 47.0 Å². The van der Waals surface area contributed by atoms with Gasteiger partial charge < -0.3 is 4.90 Å². The number of carbonyl (C=O) groups is 3. The van der Waals surface area contributed by atoms with Crippen molar-refractivity contribution < 1.29 is 14.4 Å². The summed E-state index contributed by atoms with van der Waals surface area (Å²) in [5.74, 6) is 0.258. The van der Waals surface area contributed by atoms with Crippen LogP contribution in [-0.2, 0) is 14.4 Å². The molecule has 0 radical (unpaired) electrons. The van der Waals surface area contributed by atoms with Gasteiger partial charge in [-0.1, -0.05) is 27.7 Å². The molecule has 0 spiro atoms. The lowest BCUT2D eigenvalue weighted by Crippen LogP contribution is -2.41. The Kier molecular flexibility index (Phi) is 5.70. The molecule has 1 aliphatic rings. The van der Waals surface area contributed by atoms with Gasteiger partial charge in [0, 0.05) is 30.8 Å². The van der Waals surface area contributed by atoms with Crippen LogP contribution >= 0.6 is 0 Å². The molecule has 108 valence electrons. The van der Waals surface area contributed by atoms with E-state index in [9.17, 15) is 14.4 Å². The van der Waals surface area contributed by atoms with E-state index in [4.69, 9.17) is 0 Å². The van der Waals surface area contributed by atoms with Crippen LogP contribution in [0.4, 0.5) is 0 Å². The van der Waals surface area contributed by atoms with Crippen LogP contribution in [0.3, 0.4) is 0 Å². The first-order valence-electron chi connectivity index (χ1n) is 7.17. The zero-order chi connectivity index (χ0) is 14.6. The molecular formula is C15H25NO3. The number of rotatable bonds is 5. The Hall–Kier alpha value is -1.19. The lowest BCUT2D eigenvalue weighted by atomic mass is 9.87. The molecule has 1 saturated heterocycles. The van der Waals surface area contributed by atoms with Crippen LogP contribution in [0, 0.1) is 17.8 Å². The molecule has 1 amide bonds. The van der Waals surface area contributed by atoms with E-state index in [0.717, 1.165) is 12.8 Å². The molecule has 0 bridgehead atoms. The average Bonchev–Trinajstić information content (AvgIpc) is 2.37. The smallest absolute Gasteiger partial charge is 0.230 e. The predicted octanol–water partition coefficient (Wildman–Crippen LogP) is 2.07. The van der Waals surface area contributed by atoms with E-state index in [1.54, 1.807) is 4.90 Å². The summed E-state index contributed by atoms with van der Waals surface area (Å²) in [5.41, 5.74) is 0. The Bertz CT molecular complexity index is 352. The van der Waals surface area contributed by atoms with Crippen molar-refractivity contribution >= 4 is 17.5 Å². The highest BCUT2D eigenvalue weighted by atomic mass is 16.2. The molecule has 1 heterocycles. The van der Waals surface area contributed by atoms with Gasteiger partial charge in [0.25, 0.3) is 0 Å². The molecule has 19 heavy (non-hydrogen) atoms. The SMILES string of the molecule is CC(C)C(=O)CC(=O)N1CCC(C(=O)C(C)C)CC1. The zero-order valence-corrected chi connectivity index (χ0v) is 12.4. The van der Waals surface area contributed by atoms with E-state index < -0.39 is 0 Å². The molecule has 1 aliphatic heterocycles. The van der Waals surface area contributed by atoms with Crippen molar-refractivity contribution in [2.24, 2.45) is 17.8 Å². The highest BCUT2D eigenvalue weighted by Gasteiger charge is 2.29. The summed E-state index contributed by atoms with van der Waals surface area (Å²) in [7, 11) is 0. The number of piperidine rings is 1. The number of ketones is 2. The van der Waals surface area contributed by atoms with Gasteiger partial charge in [-0.05, 0) is 12.8 Å². The molecule has 0 N–H and O–H groups in total. The van der Waals surface area contributed by atoms with E-state index in [2.05, 4.69) is 0 Å². The number of carbonyl (C=O) groups excluding carboxylic acids is 3. The summed E-state index contributed by atoms with van der Waals surface area (Å²) >= 11 is 0. The molecule has 0 saturated carbocycles. The third-order valence-electron chi connectivity index (χ3n) is 3.79. The normalized spacial score (nSPS) is 17.1. The van der Waals surface area contributed by atoms with Gasteiger partial charge in [0.1, 0.15) is 11.6 Å². The Morgan fingerprint density at radius 3 is 1.95 bits per heavy atom. The van der Waals surface area contributed by atoms with Gasteiger partial charge in [-0.25, -0.2) is 0 Å². The van der Waals surface area contributed by atoms with Crippen LogP contribution < -0.4 is 0 Å². The number of nitrogens with zero attached hydrogens (tertiary/aromatic N) is 1. The summed E-state index contributed by atoms with van der Waals surface area (Å²) in [4.78, 5) is 37.1. The van der Waals surface area contributed by atoms with E-state index in [1.807, 2.05) is 27.7 Å². The molecule has 1 fully saturated rings. The summed E-state index contributed by atoms with van der Waals surface area (Å²) < 4.78 is 0. The molecule has 0 aliphatic carbocycles. The van der Waals surface area contributed by atoms with Crippen molar-refractivity contribution in [3.63, 3.8) is 0 Å². The Morgan fingerprint density at radius 2 is 1.53 bits per heavy atom. The number of Topliss-reactive ketones (excluding diaryl/α,β-unsaturated/α-hetero) is 2. The average molecular weight is 267 g/mol. The molecule has 0 unspecified atom stereocenters.